The zero-order valence-corrected chi connectivity index (χ0v) is 16.0. The number of ether oxygens (including phenoxy) is 1. The summed E-state index contributed by atoms with van der Waals surface area (Å²) < 4.78 is 6.61. The van der Waals surface area contributed by atoms with E-state index in [2.05, 4.69) is 4.98 Å². The van der Waals surface area contributed by atoms with Crippen molar-refractivity contribution in [3.63, 3.8) is 0 Å². The lowest BCUT2D eigenvalue weighted by Gasteiger charge is -2.17. The number of carbonyl (C=O) groups excluding carboxylic acids is 1. The molecule has 2 rings (SSSR count). The van der Waals surface area contributed by atoms with Crippen LogP contribution in [0.4, 0.5) is 0 Å². The molecule has 7 nitrogen and oxygen atoms in total. The molecule has 1 heterocycles. The number of nitrogens with one attached hydrogen (secondary N) is 1. The number of aromatic nitrogens is 2. The van der Waals surface area contributed by atoms with Gasteiger partial charge in [-0.15, -0.1) is 0 Å². The van der Waals surface area contributed by atoms with Crippen molar-refractivity contribution in [2.45, 2.75) is 46.8 Å². The Hall–Kier alpha value is -2.98. The van der Waals surface area contributed by atoms with Gasteiger partial charge in [-0.3, -0.25) is 19.1 Å². The van der Waals surface area contributed by atoms with Crippen LogP contribution >= 0.6 is 0 Å². The van der Waals surface area contributed by atoms with Crippen molar-refractivity contribution < 1.29 is 9.53 Å². The second-order valence-corrected chi connectivity index (χ2v) is 6.67. The fourth-order valence-electron chi connectivity index (χ4n) is 2.91. The molecule has 0 atom stereocenters. The minimum absolute atomic E-state index is 0.00402. The zero-order chi connectivity index (χ0) is 20.1. The normalized spacial score (nSPS) is 10.8. The van der Waals surface area contributed by atoms with E-state index in [4.69, 9.17) is 4.74 Å². The number of rotatable bonds is 7. The van der Waals surface area contributed by atoms with E-state index < -0.39 is 17.0 Å². The maximum atomic E-state index is 13.3. The third kappa shape index (κ3) is 4.41. The van der Waals surface area contributed by atoms with Crippen molar-refractivity contribution in [3.8, 4) is 6.07 Å². The molecule has 0 saturated carbocycles. The first kappa shape index (κ1) is 20.3. The molecule has 2 aromatic rings. The van der Waals surface area contributed by atoms with Crippen LogP contribution in [0.2, 0.25) is 0 Å². The predicted molar refractivity (Wildman–Crippen MR) is 101 cm³/mol. The lowest BCUT2D eigenvalue weighted by Crippen LogP contribution is -2.38. The Morgan fingerprint density at radius 1 is 1.30 bits per heavy atom. The number of nitrogens with zero attached hydrogens (tertiary/aromatic N) is 2. The van der Waals surface area contributed by atoms with Gasteiger partial charge in [-0.2, -0.15) is 5.26 Å². The molecule has 27 heavy (non-hydrogen) atoms. The molecule has 1 N–H and O–H groups in total. The average molecular weight is 369 g/mol. The van der Waals surface area contributed by atoms with Crippen LogP contribution in [0.15, 0.2) is 27.8 Å². The molecule has 1 aromatic carbocycles. The van der Waals surface area contributed by atoms with Gasteiger partial charge in [0.15, 0.2) is 0 Å². The number of H-pyrrole nitrogens is 1. The lowest BCUT2D eigenvalue weighted by molar-refractivity contribution is 0.0699. The molecule has 0 spiro atoms. The van der Waals surface area contributed by atoms with Crippen molar-refractivity contribution in [1.82, 2.24) is 9.55 Å². The third-order valence-electron chi connectivity index (χ3n) is 4.07. The minimum Gasteiger partial charge on any atom is -0.361 e. The molecule has 142 valence electrons. The first-order valence-electron chi connectivity index (χ1n) is 8.81. The molecule has 0 unspecified atom stereocenters. The van der Waals surface area contributed by atoms with Gasteiger partial charge >= 0.3 is 5.69 Å². The Balaban J connectivity index is 2.74. The number of hydrogen-bond acceptors (Lipinski definition) is 5. The van der Waals surface area contributed by atoms with Gasteiger partial charge in [0, 0.05) is 17.7 Å². The standard InChI is InChI=1S/C20H23N3O4/c1-5-6-27-11-23-17(16(12(2)3)19(25)22-20(23)26)18(24)15-8-13(4)7-14(9-15)10-21/h7-9,12H,5-6,11H2,1-4H3,(H,22,25,26). The van der Waals surface area contributed by atoms with Crippen LogP contribution in [0.3, 0.4) is 0 Å². The van der Waals surface area contributed by atoms with E-state index in [1.54, 1.807) is 32.9 Å². The minimum atomic E-state index is -0.697. The topological polar surface area (TPSA) is 105 Å². The Labute approximate surface area is 157 Å². The SMILES string of the molecule is CCCOCn1c(C(=O)c2cc(C)cc(C#N)c2)c(C(C)C)c(=O)[nH]c1=O. The molecule has 0 fully saturated rings. The van der Waals surface area contributed by atoms with Crippen molar-refractivity contribution in [1.29, 1.82) is 5.26 Å². The van der Waals surface area contributed by atoms with E-state index in [0.717, 1.165) is 16.6 Å². The van der Waals surface area contributed by atoms with Gasteiger partial charge in [-0.05, 0) is 43.0 Å². The van der Waals surface area contributed by atoms with E-state index in [1.165, 1.54) is 6.07 Å². The molecule has 0 amide bonds. The van der Waals surface area contributed by atoms with Gasteiger partial charge in [-0.25, -0.2) is 4.79 Å². The molecule has 0 aliphatic rings. The molecule has 1 aromatic heterocycles. The Bertz CT molecular complexity index is 1010. The third-order valence-corrected chi connectivity index (χ3v) is 4.07. The van der Waals surface area contributed by atoms with Gasteiger partial charge in [0.05, 0.1) is 11.6 Å². The van der Waals surface area contributed by atoms with Gasteiger partial charge < -0.3 is 4.74 Å². The summed E-state index contributed by atoms with van der Waals surface area (Å²) in [6.07, 6.45) is 0.752. The second kappa shape index (κ2) is 8.60. The van der Waals surface area contributed by atoms with Crippen LogP contribution in [0.5, 0.6) is 0 Å². The Kier molecular flexibility index (Phi) is 6.48. The molecule has 0 aliphatic carbocycles. The summed E-state index contributed by atoms with van der Waals surface area (Å²) >= 11 is 0. The average Bonchev–Trinajstić information content (AvgIpc) is 2.61. The van der Waals surface area contributed by atoms with Crippen LogP contribution in [0.25, 0.3) is 0 Å². The van der Waals surface area contributed by atoms with Gasteiger partial charge in [0.25, 0.3) is 5.56 Å². The first-order chi connectivity index (χ1) is 12.8. The molecule has 0 radical (unpaired) electrons. The number of aryl methyl sites for hydroxylation is 1. The zero-order valence-electron chi connectivity index (χ0n) is 16.0. The van der Waals surface area contributed by atoms with Crippen LogP contribution in [-0.2, 0) is 11.5 Å². The highest BCUT2D eigenvalue weighted by atomic mass is 16.5. The van der Waals surface area contributed by atoms with Crippen LogP contribution < -0.4 is 11.2 Å². The van der Waals surface area contributed by atoms with E-state index in [1.807, 2.05) is 13.0 Å². The molecule has 0 aliphatic heterocycles. The highest BCUT2D eigenvalue weighted by molar-refractivity contribution is 6.09. The molecule has 7 heteroatoms. The first-order valence-corrected chi connectivity index (χ1v) is 8.81. The van der Waals surface area contributed by atoms with Gasteiger partial charge in [0.2, 0.25) is 5.78 Å². The molecule has 0 bridgehead atoms. The summed E-state index contributed by atoms with van der Waals surface area (Å²) in [5.41, 5.74) is 0.275. The molecular formula is C20H23N3O4. The summed E-state index contributed by atoms with van der Waals surface area (Å²) in [7, 11) is 0. The Morgan fingerprint density at radius 3 is 2.59 bits per heavy atom. The largest absolute Gasteiger partial charge is 0.361 e. The number of nitriles is 1. The fraction of sp³-hybridized carbons (Fsp3) is 0.400. The van der Waals surface area contributed by atoms with Crippen molar-refractivity contribution >= 4 is 5.78 Å². The number of ketones is 1. The van der Waals surface area contributed by atoms with E-state index in [9.17, 15) is 19.6 Å². The van der Waals surface area contributed by atoms with Gasteiger partial charge in [0.1, 0.15) is 12.4 Å². The summed E-state index contributed by atoms with van der Waals surface area (Å²) in [6.45, 7) is 7.54. The van der Waals surface area contributed by atoms with Crippen molar-refractivity contribution in [2.75, 3.05) is 6.61 Å². The second-order valence-electron chi connectivity index (χ2n) is 6.67. The van der Waals surface area contributed by atoms with Crippen LogP contribution in [-0.4, -0.2) is 21.9 Å². The van der Waals surface area contributed by atoms with Crippen LogP contribution in [0.1, 0.15) is 65.9 Å². The highest BCUT2D eigenvalue weighted by Crippen LogP contribution is 2.20. The summed E-state index contributed by atoms with van der Waals surface area (Å²) in [5, 5.41) is 9.18. The lowest BCUT2D eigenvalue weighted by atomic mass is 9.95. The Morgan fingerprint density at radius 2 is 2.00 bits per heavy atom. The summed E-state index contributed by atoms with van der Waals surface area (Å²) in [6, 6.07) is 6.78. The number of aromatic amines is 1. The van der Waals surface area contributed by atoms with Gasteiger partial charge in [-0.1, -0.05) is 20.8 Å². The number of carbonyl (C=O) groups is 1. The van der Waals surface area contributed by atoms with E-state index >= 15 is 0 Å². The fourth-order valence-corrected chi connectivity index (χ4v) is 2.91. The summed E-state index contributed by atoms with van der Waals surface area (Å²) in [4.78, 5) is 40.3. The van der Waals surface area contributed by atoms with Crippen molar-refractivity contribution in [3.05, 3.63) is 67.0 Å². The summed E-state index contributed by atoms with van der Waals surface area (Å²) in [5.74, 6) is -0.770. The smallest absolute Gasteiger partial charge is 0.330 e. The monoisotopic (exact) mass is 369 g/mol. The maximum Gasteiger partial charge on any atom is 0.330 e. The number of hydrogen-bond donors (Lipinski definition) is 1. The van der Waals surface area contributed by atoms with E-state index in [-0.39, 0.29) is 29.5 Å². The number of benzene rings is 1. The maximum absolute atomic E-state index is 13.3. The quantitative estimate of drug-likeness (QED) is 0.596. The predicted octanol–water partition coefficient (Wildman–Crippen LogP) is 2.46. The molecular weight excluding hydrogens is 346 g/mol. The molecule has 0 saturated heterocycles. The van der Waals surface area contributed by atoms with Crippen LogP contribution in [0, 0.1) is 18.3 Å². The van der Waals surface area contributed by atoms with Crippen molar-refractivity contribution in [2.24, 2.45) is 0 Å². The highest BCUT2D eigenvalue weighted by Gasteiger charge is 2.25. The van der Waals surface area contributed by atoms with E-state index in [0.29, 0.717) is 12.2 Å².